The Morgan fingerprint density at radius 3 is 2.35 bits per heavy atom. The Balaban J connectivity index is 1.28. The Morgan fingerprint density at radius 2 is 1.65 bits per heavy atom. The van der Waals surface area contributed by atoms with Crippen molar-refractivity contribution in [2.75, 3.05) is 19.7 Å². The van der Waals surface area contributed by atoms with Crippen LogP contribution in [-0.2, 0) is 17.8 Å². The van der Waals surface area contributed by atoms with Crippen molar-refractivity contribution >= 4 is 17.6 Å². The molecule has 0 unspecified atom stereocenters. The summed E-state index contributed by atoms with van der Waals surface area (Å²) in [6.45, 7) is 8.40. The summed E-state index contributed by atoms with van der Waals surface area (Å²) in [5, 5.41) is 13.6. The molecule has 0 aromatic heterocycles. The summed E-state index contributed by atoms with van der Waals surface area (Å²) in [7, 11) is 0. The zero-order chi connectivity index (χ0) is 30.1. The third-order valence-corrected chi connectivity index (χ3v) is 9.25. The molecule has 0 radical (unpaired) electrons. The Kier molecular flexibility index (Phi) is 8.26. The summed E-state index contributed by atoms with van der Waals surface area (Å²) in [6, 6.07) is 22.2. The highest BCUT2D eigenvalue weighted by molar-refractivity contribution is 6.04. The van der Waals surface area contributed by atoms with Gasteiger partial charge in [0.25, 0.3) is 5.91 Å². The van der Waals surface area contributed by atoms with Crippen molar-refractivity contribution in [3.63, 3.8) is 0 Å². The molecule has 7 nitrogen and oxygen atoms in total. The number of benzene rings is 3. The predicted molar refractivity (Wildman–Crippen MR) is 168 cm³/mol. The molecule has 6 rings (SSSR count). The molecule has 0 spiro atoms. The number of nitrogens with one attached hydrogen (secondary N) is 1. The monoisotopic (exact) mass is 579 g/mol. The van der Waals surface area contributed by atoms with Gasteiger partial charge >= 0.3 is 6.09 Å². The van der Waals surface area contributed by atoms with Crippen molar-refractivity contribution in [3.05, 3.63) is 106 Å². The van der Waals surface area contributed by atoms with Crippen LogP contribution in [0.1, 0.15) is 52.6 Å². The fourth-order valence-corrected chi connectivity index (χ4v) is 6.61. The first kappa shape index (κ1) is 29.0. The number of rotatable bonds is 9. The van der Waals surface area contributed by atoms with Gasteiger partial charge in [-0.1, -0.05) is 66.7 Å². The minimum absolute atomic E-state index is 0.0406. The summed E-state index contributed by atoms with van der Waals surface area (Å²) >= 11 is 0. The second kappa shape index (κ2) is 12.3. The largest absolute Gasteiger partial charge is 0.493 e. The molecule has 2 bridgehead atoms. The first-order valence-corrected chi connectivity index (χ1v) is 15.4. The standard InChI is InChI=1S/C36H41N3O4/c1-23-9-10-24(2)34(25(23)3)43-18-17-26-11-13-28(14-12-26)31-19-30-20-37-21-32(39(30)36(41)42)33(31)35(40)38(29-15-16-29)22-27-7-5-4-6-8-27/h4-14,29-30,32,37H,15-22H2,1-3H3,(H,41,42)/t30-,32-/m1/s1. The highest BCUT2D eigenvalue weighted by atomic mass is 16.5. The van der Waals surface area contributed by atoms with E-state index in [-0.39, 0.29) is 18.0 Å². The quantitative estimate of drug-likeness (QED) is 0.330. The van der Waals surface area contributed by atoms with Crippen LogP contribution in [0.15, 0.2) is 72.3 Å². The van der Waals surface area contributed by atoms with Crippen LogP contribution >= 0.6 is 0 Å². The number of ether oxygens (including phenoxy) is 1. The van der Waals surface area contributed by atoms with Crippen LogP contribution < -0.4 is 10.1 Å². The molecule has 2 aliphatic heterocycles. The topological polar surface area (TPSA) is 82.1 Å². The van der Waals surface area contributed by atoms with Crippen LogP contribution in [0, 0.1) is 20.8 Å². The van der Waals surface area contributed by atoms with E-state index in [9.17, 15) is 14.7 Å². The van der Waals surface area contributed by atoms with Crippen molar-refractivity contribution in [1.29, 1.82) is 0 Å². The Morgan fingerprint density at radius 1 is 0.930 bits per heavy atom. The highest BCUT2D eigenvalue weighted by Crippen LogP contribution is 2.40. The minimum Gasteiger partial charge on any atom is -0.493 e. The number of carbonyl (C=O) groups is 2. The number of hydrogen-bond donors (Lipinski definition) is 2. The van der Waals surface area contributed by atoms with Gasteiger partial charge in [0.05, 0.1) is 18.7 Å². The highest BCUT2D eigenvalue weighted by Gasteiger charge is 2.46. The number of nitrogens with zero attached hydrogens (tertiary/aromatic N) is 2. The number of carbonyl (C=O) groups excluding carboxylic acids is 1. The number of piperazine rings is 1. The average Bonchev–Trinajstić information content (AvgIpc) is 3.85. The lowest BCUT2D eigenvalue weighted by molar-refractivity contribution is -0.129. The molecule has 1 saturated carbocycles. The SMILES string of the molecule is Cc1ccc(C)c(OCCc2ccc(C3=C(C(=O)N(Cc4ccccc4)C4CC4)[C@H]4CNC[C@@H](C3)N4C(=O)O)cc2)c1C. The van der Waals surface area contributed by atoms with Crippen LogP contribution in [-0.4, -0.2) is 64.7 Å². The number of fused-ring (bicyclic) bond motifs is 2. The zero-order valence-corrected chi connectivity index (χ0v) is 25.3. The number of hydrogen-bond acceptors (Lipinski definition) is 4. The first-order chi connectivity index (χ1) is 20.8. The summed E-state index contributed by atoms with van der Waals surface area (Å²) in [5.74, 6) is 0.923. The maximum Gasteiger partial charge on any atom is 0.408 e. The van der Waals surface area contributed by atoms with Gasteiger partial charge in [-0.05, 0) is 79.0 Å². The van der Waals surface area contributed by atoms with Gasteiger partial charge < -0.3 is 20.1 Å². The molecule has 7 heteroatoms. The van der Waals surface area contributed by atoms with E-state index >= 15 is 0 Å². The Bertz CT molecular complexity index is 1530. The van der Waals surface area contributed by atoms with E-state index in [1.807, 2.05) is 35.2 Å². The van der Waals surface area contributed by atoms with Crippen molar-refractivity contribution in [3.8, 4) is 5.75 Å². The molecule has 1 saturated heterocycles. The number of carboxylic acid groups (broad SMARTS) is 1. The van der Waals surface area contributed by atoms with Crippen molar-refractivity contribution in [1.82, 2.24) is 15.1 Å². The summed E-state index contributed by atoms with van der Waals surface area (Å²) < 4.78 is 6.21. The molecule has 3 aromatic rings. The van der Waals surface area contributed by atoms with Gasteiger partial charge in [0.1, 0.15) is 5.75 Å². The zero-order valence-electron chi connectivity index (χ0n) is 25.3. The van der Waals surface area contributed by atoms with Crippen molar-refractivity contribution in [2.24, 2.45) is 0 Å². The summed E-state index contributed by atoms with van der Waals surface area (Å²) in [4.78, 5) is 30.4. The fraction of sp³-hybridized carbons (Fsp3) is 0.389. The van der Waals surface area contributed by atoms with Crippen LogP contribution in [0.25, 0.3) is 5.57 Å². The third-order valence-electron chi connectivity index (χ3n) is 9.25. The Labute approximate surface area is 254 Å². The minimum atomic E-state index is -0.962. The fourth-order valence-electron chi connectivity index (χ4n) is 6.61. The van der Waals surface area contributed by atoms with Gasteiger partial charge in [-0.3, -0.25) is 9.69 Å². The molecule has 2 fully saturated rings. The van der Waals surface area contributed by atoms with Gasteiger partial charge in [-0.2, -0.15) is 0 Å². The van der Waals surface area contributed by atoms with E-state index < -0.39 is 12.1 Å². The Hall–Kier alpha value is -4.10. The van der Waals surface area contributed by atoms with Gasteiger partial charge in [-0.15, -0.1) is 0 Å². The molecule has 1 aliphatic carbocycles. The third kappa shape index (κ3) is 6.04. The van der Waals surface area contributed by atoms with Crippen LogP contribution in [0.2, 0.25) is 0 Å². The summed E-state index contributed by atoms with van der Waals surface area (Å²) in [5.41, 5.74) is 8.38. The van der Waals surface area contributed by atoms with Gasteiger partial charge in [0.15, 0.2) is 0 Å². The van der Waals surface area contributed by atoms with Crippen molar-refractivity contribution < 1.29 is 19.4 Å². The lowest BCUT2D eigenvalue weighted by Gasteiger charge is -2.47. The molecule has 2 amide bonds. The van der Waals surface area contributed by atoms with Crippen LogP contribution in [0.5, 0.6) is 5.75 Å². The molecule has 224 valence electrons. The molecule has 3 aromatic carbocycles. The lowest BCUT2D eigenvalue weighted by Crippen LogP contribution is -2.63. The number of amides is 2. The van der Waals surface area contributed by atoms with Crippen LogP contribution in [0.3, 0.4) is 0 Å². The van der Waals surface area contributed by atoms with Gasteiger partial charge in [0, 0.05) is 37.7 Å². The van der Waals surface area contributed by atoms with E-state index in [1.54, 1.807) is 0 Å². The lowest BCUT2D eigenvalue weighted by atomic mass is 9.81. The van der Waals surface area contributed by atoms with E-state index in [0.29, 0.717) is 38.2 Å². The second-order valence-electron chi connectivity index (χ2n) is 12.2. The van der Waals surface area contributed by atoms with E-state index in [1.165, 1.54) is 16.0 Å². The normalized spacial score (nSPS) is 19.7. The van der Waals surface area contributed by atoms with E-state index in [2.05, 4.69) is 62.5 Å². The summed E-state index contributed by atoms with van der Waals surface area (Å²) in [6.07, 6.45) is 2.28. The molecule has 2 heterocycles. The van der Waals surface area contributed by atoms with Gasteiger partial charge in [0.2, 0.25) is 0 Å². The smallest absolute Gasteiger partial charge is 0.408 e. The number of aryl methyl sites for hydroxylation is 2. The first-order valence-electron chi connectivity index (χ1n) is 15.4. The van der Waals surface area contributed by atoms with Crippen molar-refractivity contribution in [2.45, 2.75) is 71.1 Å². The van der Waals surface area contributed by atoms with E-state index in [4.69, 9.17) is 4.74 Å². The van der Waals surface area contributed by atoms with Crippen LogP contribution in [0.4, 0.5) is 4.79 Å². The maximum atomic E-state index is 14.5. The van der Waals surface area contributed by atoms with Gasteiger partial charge in [-0.25, -0.2) is 4.79 Å². The second-order valence-corrected chi connectivity index (χ2v) is 12.2. The average molecular weight is 580 g/mol. The molecular weight excluding hydrogens is 538 g/mol. The van der Waals surface area contributed by atoms with E-state index in [0.717, 1.165) is 52.8 Å². The predicted octanol–water partition coefficient (Wildman–Crippen LogP) is 5.90. The maximum absolute atomic E-state index is 14.5. The molecule has 43 heavy (non-hydrogen) atoms. The molecule has 3 aliphatic rings. The molecule has 2 N–H and O–H groups in total. The molecule has 2 atom stereocenters. The molecular formula is C36H41N3O4.